The summed E-state index contributed by atoms with van der Waals surface area (Å²) in [6.45, 7) is 0. The van der Waals surface area contributed by atoms with Gasteiger partial charge in [-0.15, -0.1) is 0 Å². The highest BCUT2D eigenvalue weighted by atomic mass is 79.9. The van der Waals surface area contributed by atoms with Crippen molar-refractivity contribution in [1.29, 1.82) is 0 Å². The molecule has 16 heavy (non-hydrogen) atoms. The molecule has 0 aliphatic carbocycles. The van der Waals surface area contributed by atoms with Crippen LogP contribution in [0.3, 0.4) is 0 Å². The first kappa shape index (κ1) is 10.7. The number of halogens is 1. The topological polar surface area (TPSA) is 83.3 Å². The molecule has 0 saturated carbocycles. The molecule has 0 spiro atoms. The first-order chi connectivity index (χ1) is 7.61. The highest BCUT2D eigenvalue weighted by Gasteiger charge is 2.22. The molecule has 5 nitrogen and oxygen atoms in total. The highest BCUT2D eigenvalue weighted by molar-refractivity contribution is 9.10. The second-order valence-corrected chi connectivity index (χ2v) is 3.88. The summed E-state index contributed by atoms with van der Waals surface area (Å²) in [7, 11) is 0. The standard InChI is InChI=1S/C10H6BrNO4/c11-6-4-2-1-3-5(6)7-8(10(14)15)16-12-9(7)13/h1-4H,(H,12,13)(H,14,15). The summed E-state index contributed by atoms with van der Waals surface area (Å²) in [5, 5.41) is 10.9. The summed E-state index contributed by atoms with van der Waals surface area (Å²) in [4.78, 5) is 22.3. The summed E-state index contributed by atoms with van der Waals surface area (Å²) < 4.78 is 5.24. The Balaban J connectivity index is 2.74. The Labute approximate surface area is 97.8 Å². The predicted molar refractivity (Wildman–Crippen MR) is 59.4 cm³/mol. The van der Waals surface area contributed by atoms with Gasteiger partial charge in [-0.25, -0.2) is 4.79 Å². The minimum absolute atomic E-state index is 0.0139. The maximum Gasteiger partial charge on any atom is 0.375 e. The van der Waals surface area contributed by atoms with Crippen molar-refractivity contribution in [3.63, 3.8) is 0 Å². The number of carbonyl (C=O) groups is 1. The van der Waals surface area contributed by atoms with Gasteiger partial charge < -0.3 is 9.63 Å². The maximum absolute atomic E-state index is 11.5. The van der Waals surface area contributed by atoms with Gasteiger partial charge in [0, 0.05) is 10.0 Å². The van der Waals surface area contributed by atoms with Gasteiger partial charge in [0.15, 0.2) is 0 Å². The summed E-state index contributed by atoms with van der Waals surface area (Å²) in [5.41, 5.74) is -0.0702. The molecular formula is C10H6BrNO4. The molecule has 2 rings (SSSR count). The zero-order valence-corrected chi connectivity index (χ0v) is 9.45. The third-order valence-corrected chi connectivity index (χ3v) is 2.73. The van der Waals surface area contributed by atoms with Gasteiger partial charge in [-0.2, -0.15) is 5.16 Å². The minimum atomic E-state index is -1.29. The molecular weight excluding hydrogens is 278 g/mol. The number of aromatic amines is 1. The molecule has 2 N–H and O–H groups in total. The number of carboxylic acids is 1. The third kappa shape index (κ3) is 1.67. The number of carboxylic acid groups (broad SMARTS) is 1. The van der Waals surface area contributed by atoms with Gasteiger partial charge >= 0.3 is 5.97 Å². The van der Waals surface area contributed by atoms with Crippen LogP contribution >= 0.6 is 15.9 Å². The lowest BCUT2D eigenvalue weighted by Gasteiger charge is -1.99. The smallest absolute Gasteiger partial charge is 0.375 e. The number of H-pyrrole nitrogens is 1. The average Bonchev–Trinajstić information content (AvgIpc) is 2.61. The summed E-state index contributed by atoms with van der Waals surface area (Å²) >= 11 is 3.25. The lowest BCUT2D eigenvalue weighted by Crippen LogP contribution is -2.05. The molecule has 0 fully saturated rings. The quantitative estimate of drug-likeness (QED) is 0.884. The summed E-state index contributed by atoms with van der Waals surface area (Å²) in [6, 6.07) is 6.82. The van der Waals surface area contributed by atoms with Crippen molar-refractivity contribution < 1.29 is 14.4 Å². The van der Waals surface area contributed by atoms with Gasteiger partial charge in [-0.05, 0) is 6.07 Å². The second-order valence-electron chi connectivity index (χ2n) is 3.02. The van der Waals surface area contributed by atoms with Crippen LogP contribution in [-0.2, 0) is 0 Å². The van der Waals surface area contributed by atoms with Crippen LogP contribution in [0.1, 0.15) is 10.6 Å². The van der Waals surface area contributed by atoms with E-state index >= 15 is 0 Å². The van der Waals surface area contributed by atoms with E-state index in [0.717, 1.165) is 0 Å². The van der Waals surface area contributed by atoms with Gasteiger partial charge in [0.2, 0.25) is 0 Å². The number of rotatable bonds is 2. The zero-order chi connectivity index (χ0) is 11.7. The van der Waals surface area contributed by atoms with Crippen molar-refractivity contribution in [2.45, 2.75) is 0 Å². The first-order valence-electron chi connectivity index (χ1n) is 4.31. The largest absolute Gasteiger partial charge is 0.475 e. The fourth-order valence-electron chi connectivity index (χ4n) is 1.36. The highest BCUT2D eigenvalue weighted by Crippen LogP contribution is 2.27. The van der Waals surface area contributed by atoms with E-state index in [1.165, 1.54) is 0 Å². The van der Waals surface area contributed by atoms with E-state index in [1.807, 2.05) is 5.16 Å². The van der Waals surface area contributed by atoms with E-state index in [1.54, 1.807) is 24.3 Å². The van der Waals surface area contributed by atoms with E-state index in [9.17, 15) is 9.59 Å². The fourth-order valence-corrected chi connectivity index (χ4v) is 1.84. The van der Waals surface area contributed by atoms with E-state index in [2.05, 4.69) is 20.5 Å². The number of aromatic carboxylic acids is 1. The SMILES string of the molecule is O=C(O)c1o[nH]c(=O)c1-c1ccccc1Br. The van der Waals surface area contributed by atoms with Gasteiger partial charge in [-0.1, -0.05) is 34.1 Å². The third-order valence-electron chi connectivity index (χ3n) is 2.04. The van der Waals surface area contributed by atoms with Gasteiger partial charge in [0.05, 0.1) is 0 Å². The van der Waals surface area contributed by atoms with Crippen LogP contribution in [0.5, 0.6) is 0 Å². The molecule has 1 aromatic carbocycles. The molecule has 1 heterocycles. The Morgan fingerprint density at radius 3 is 2.69 bits per heavy atom. The monoisotopic (exact) mass is 283 g/mol. The Bertz CT molecular complexity index is 599. The normalized spacial score (nSPS) is 10.3. The van der Waals surface area contributed by atoms with E-state index in [-0.39, 0.29) is 5.56 Å². The van der Waals surface area contributed by atoms with Crippen molar-refractivity contribution in [2.75, 3.05) is 0 Å². The Kier molecular flexibility index (Phi) is 2.66. The van der Waals surface area contributed by atoms with Crippen molar-refractivity contribution >= 4 is 21.9 Å². The van der Waals surface area contributed by atoms with Crippen molar-refractivity contribution in [1.82, 2.24) is 5.16 Å². The van der Waals surface area contributed by atoms with Crippen molar-refractivity contribution in [3.05, 3.63) is 44.9 Å². The van der Waals surface area contributed by atoms with Crippen LogP contribution < -0.4 is 5.56 Å². The molecule has 1 aromatic heterocycles. The van der Waals surface area contributed by atoms with Crippen LogP contribution in [0.2, 0.25) is 0 Å². The number of hydrogen-bond acceptors (Lipinski definition) is 3. The van der Waals surface area contributed by atoms with Gasteiger partial charge in [0.1, 0.15) is 5.56 Å². The fraction of sp³-hybridized carbons (Fsp3) is 0. The molecule has 82 valence electrons. The van der Waals surface area contributed by atoms with Gasteiger partial charge in [-0.3, -0.25) is 4.79 Å². The van der Waals surface area contributed by atoms with Crippen molar-refractivity contribution in [2.24, 2.45) is 0 Å². The molecule has 0 saturated heterocycles. The van der Waals surface area contributed by atoms with Gasteiger partial charge in [0.25, 0.3) is 11.3 Å². The van der Waals surface area contributed by atoms with Crippen LogP contribution in [0.25, 0.3) is 11.1 Å². The molecule has 0 aliphatic heterocycles. The van der Waals surface area contributed by atoms with Crippen molar-refractivity contribution in [3.8, 4) is 11.1 Å². The molecule has 0 radical (unpaired) electrons. The molecule has 2 aromatic rings. The summed E-state index contributed by atoms with van der Waals surface area (Å²) in [6.07, 6.45) is 0. The van der Waals surface area contributed by atoms with Crippen LogP contribution in [0.15, 0.2) is 38.1 Å². The zero-order valence-electron chi connectivity index (χ0n) is 7.86. The Morgan fingerprint density at radius 2 is 2.06 bits per heavy atom. The molecule has 0 atom stereocenters. The lowest BCUT2D eigenvalue weighted by molar-refractivity contribution is 0.0653. The number of nitrogens with one attached hydrogen (secondary N) is 1. The Hall–Kier alpha value is -1.82. The van der Waals surface area contributed by atoms with E-state index in [4.69, 9.17) is 5.11 Å². The molecule has 0 amide bonds. The second kappa shape index (κ2) is 3.97. The maximum atomic E-state index is 11.5. The number of benzene rings is 1. The number of aromatic nitrogens is 1. The molecule has 0 aliphatic rings. The van der Waals surface area contributed by atoms with E-state index < -0.39 is 17.3 Å². The lowest BCUT2D eigenvalue weighted by atomic mass is 10.1. The van der Waals surface area contributed by atoms with Crippen LogP contribution in [-0.4, -0.2) is 16.2 Å². The van der Waals surface area contributed by atoms with Crippen LogP contribution in [0.4, 0.5) is 0 Å². The van der Waals surface area contributed by atoms with Crippen LogP contribution in [0, 0.1) is 0 Å². The Morgan fingerprint density at radius 1 is 1.38 bits per heavy atom. The van der Waals surface area contributed by atoms with E-state index in [0.29, 0.717) is 10.0 Å². The predicted octanol–water partition coefficient (Wildman–Crippen LogP) is 2.10. The molecule has 6 heteroatoms. The first-order valence-corrected chi connectivity index (χ1v) is 5.10. The average molecular weight is 284 g/mol. The number of hydrogen-bond donors (Lipinski definition) is 2. The minimum Gasteiger partial charge on any atom is -0.475 e. The molecule has 0 unspecified atom stereocenters. The molecule has 0 bridgehead atoms. The summed E-state index contributed by atoms with van der Waals surface area (Å²) in [5.74, 6) is -1.68.